The molecule has 0 radical (unpaired) electrons. The van der Waals surface area contributed by atoms with Crippen LogP contribution in [-0.4, -0.2) is 25.1 Å². The van der Waals surface area contributed by atoms with Crippen LogP contribution in [0.3, 0.4) is 0 Å². The lowest BCUT2D eigenvalue weighted by Crippen LogP contribution is -3.00. The molecule has 1 nitrogen and oxygen atoms in total. The van der Waals surface area contributed by atoms with Crippen molar-refractivity contribution in [1.82, 2.24) is 0 Å². The highest BCUT2D eigenvalue weighted by Crippen LogP contribution is 2.01. The van der Waals surface area contributed by atoms with Crippen LogP contribution in [-0.2, 0) is 6.42 Å². The van der Waals surface area contributed by atoms with Gasteiger partial charge in [0, 0.05) is 0 Å². The number of rotatable bonds is 5. The first kappa shape index (κ1) is 14.9. The summed E-state index contributed by atoms with van der Waals surface area (Å²) >= 11 is 0. The van der Waals surface area contributed by atoms with Gasteiger partial charge in [-0.2, -0.15) is 0 Å². The highest BCUT2D eigenvalue weighted by molar-refractivity contribution is 5.17. The highest BCUT2D eigenvalue weighted by atomic mass is 35.5. The fourth-order valence-electron chi connectivity index (χ4n) is 1.25. The van der Waals surface area contributed by atoms with Crippen molar-refractivity contribution in [3.8, 4) is 0 Å². The third kappa shape index (κ3) is 5.74. The number of nitrogens with zero attached hydrogens (tertiary/aromatic N) is 1. The first-order chi connectivity index (χ1) is 7.14. The van der Waals surface area contributed by atoms with Gasteiger partial charge < -0.3 is 12.4 Å². The Kier molecular flexibility index (Phi) is 6.78. The molecule has 0 spiro atoms. The summed E-state index contributed by atoms with van der Waals surface area (Å²) < 4.78 is 0.825. The molecule has 0 N–H and O–H groups in total. The molecule has 0 aliphatic rings. The second-order valence-electron chi connectivity index (χ2n) is 4.30. The van der Waals surface area contributed by atoms with E-state index in [0.717, 1.165) is 17.4 Å². The van der Waals surface area contributed by atoms with Crippen LogP contribution in [0.5, 0.6) is 0 Å². The summed E-state index contributed by atoms with van der Waals surface area (Å²) in [4.78, 5) is 0. The van der Waals surface area contributed by atoms with E-state index in [4.69, 9.17) is 0 Å². The first-order valence-electron chi connectivity index (χ1n) is 5.29. The number of halogens is 1. The van der Waals surface area contributed by atoms with Gasteiger partial charge in [0.25, 0.3) is 0 Å². The van der Waals surface area contributed by atoms with Gasteiger partial charge in [-0.15, -0.1) is 0 Å². The van der Waals surface area contributed by atoms with Crippen molar-refractivity contribution in [1.29, 1.82) is 0 Å². The molecule has 0 fully saturated rings. The van der Waals surface area contributed by atoms with Crippen LogP contribution < -0.4 is 12.4 Å². The minimum absolute atomic E-state index is 0. The Balaban J connectivity index is 0.00000225. The van der Waals surface area contributed by atoms with E-state index >= 15 is 0 Å². The quantitative estimate of drug-likeness (QED) is 0.500. The Labute approximate surface area is 105 Å². The van der Waals surface area contributed by atoms with E-state index in [2.05, 4.69) is 57.1 Å². The lowest BCUT2D eigenvalue weighted by molar-refractivity contribution is -0.832. The Morgan fingerprint density at radius 1 is 1.12 bits per heavy atom. The van der Waals surface area contributed by atoms with Crippen LogP contribution in [0.1, 0.15) is 5.56 Å². The van der Waals surface area contributed by atoms with Crippen LogP contribution in [0.25, 0.3) is 0 Å². The summed E-state index contributed by atoms with van der Waals surface area (Å²) in [7, 11) is 4.28. The molecule has 0 atom stereocenters. The molecule has 0 heterocycles. The molecule has 0 saturated carbocycles. The largest absolute Gasteiger partial charge is 1.00 e. The molecular weight excluding hydrogens is 218 g/mol. The molecule has 1 aromatic carbocycles. The number of hydrogen-bond donors (Lipinski definition) is 0. The Bertz CT molecular complexity index is 328. The molecule has 1 aromatic rings. The van der Waals surface area contributed by atoms with Crippen molar-refractivity contribution < 1.29 is 16.9 Å². The van der Waals surface area contributed by atoms with Crippen molar-refractivity contribution in [2.45, 2.75) is 6.42 Å². The second-order valence-corrected chi connectivity index (χ2v) is 4.30. The molecular formula is C14H20ClN. The Hall–Kier alpha value is -1.05. The van der Waals surface area contributed by atoms with Gasteiger partial charge in [0.1, 0.15) is 6.54 Å². The number of likely N-dealkylation sites (N-methyl/N-ethyl adjacent to an activating group) is 1. The van der Waals surface area contributed by atoms with Crippen LogP contribution in [0.4, 0.5) is 0 Å². The van der Waals surface area contributed by atoms with Gasteiger partial charge >= 0.3 is 0 Å². The van der Waals surface area contributed by atoms with Crippen LogP contribution in [0.15, 0.2) is 55.3 Å². The average molecular weight is 238 g/mol. The Morgan fingerprint density at radius 2 is 1.75 bits per heavy atom. The number of benzene rings is 1. The van der Waals surface area contributed by atoms with E-state index in [0.29, 0.717) is 0 Å². The van der Waals surface area contributed by atoms with Crippen molar-refractivity contribution in [3.63, 3.8) is 0 Å². The number of hydrogen-bond acceptors (Lipinski definition) is 0. The fourth-order valence-corrected chi connectivity index (χ4v) is 1.25. The summed E-state index contributed by atoms with van der Waals surface area (Å²) in [5.41, 5.74) is 1.36. The minimum Gasteiger partial charge on any atom is -1.00 e. The van der Waals surface area contributed by atoms with Crippen molar-refractivity contribution in [3.05, 3.63) is 60.8 Å². The smallest absolute Gasteiger partial charge is 0.101 e. The fraction of sp³-hybridized carbons (Fsp3) is 0.286. The van der Waals surface area contributed by atoms with E-state index in [1.807, 2.05) is 12.3 Å². The minimum atomic E-state index is 0. The molecule has 0 aromatic heterocycles. The maximum Gasteiger partial charge on any atom is 0.101 e. The van der Waals surface area contributed by atoms with Crippen LogP contribution in [0.2, 0.25) is 0 Å². The maximum atomic E-state index is 3.81. The first-order valence-corrected chi connectivity index (χ1v) is 5.29. The molecule has 88 valence electrons. The lowest BCUT2D eigenvalue weighted by Gasteiger charge is -2.22. The standard InChI is InChI=1S/C14H20N.ClH/c1-4-15(2,3)13-9-8-12-14-10-6-5-7-11-14;/h4-11H,1,12-13H2,2-3H3;1H/q+1;/p-1. The Morgan fingerprint density at radius 3 is 2.31 bits per heavy atom. The zero-order chi connectivity index (χ0) is 11.1. The molecule has 0 bridgehead atoms. The molecule has 16 heavy (non-hydrogen) atoms. The summed E-state index contributed by atoms with van der Waals surface area (Å²) in [5.74, 6) is 0. The van der Waals surface area contributed by atoms with E-state index in [1.54, 1.807) is 0 Å². The zero-order valence-corrected chi connectivity index (χ0v) is 10.8. The molecule has 0 saturated heterocycles. The van der Waals surface area contributed by atoms with Crippen LogP contribution in [0, 0.1) is 0 Å². The average Bonchev–Trinajstić information content (AvgIpc) is 2.26. The third-order valence-electron chi connectivity index (χ3n) is 2.43. The van der Waals surface area contributed by atoms with E-state index < -0.39 is 0 Å². The van der Waals surface area contributed by atoms with Gasteiger partial charge in [-0.05, 0) is 24.6 Å². The number of allylic oxidation sites excluding steroid dienone is 1. The summed E-state index contributed by atoms with van der Waals surface area (Å²) in [6.45, 7) is 4.80. The van der Waals surface area contributed by atoms with Gasteiger partial charge in [0.05, 0.1) is 20.3 Å². The lowest BCUT2D eigenvalue weighted by atomic mass is 10.1. The van der Waals surface area contributed by atoms with Gasteiger partial charge in [-0.1, -0.05) is 36.4 Å². The van der Waals surface area contributed by atoms with Crippen LogP contribution >= 0.6 is 0 Å². The van der Waals surface area contributed by atoms with Crippen molar-refractivity contribution in [2.24, 2.45) is 0 Å². The van der Waals surface area contributed by atoms with E-state index in [1.165, 1.54) is 5.56 Å². The number of quaternary nitrogens is 1. The van der Waals surface area contributed by atoms with Crippen molar-refractivity contribution >= 4 is 0 Å². The second kappa shape index (κ2) is 7.26. The molecule has 2 heteroatoms. The monoisotopic (exact) mass is 237 g/mol. The van der Waals surface area contributed by atoms with E-state index in [-0.39, 0.29) is 12.4 Å². The molecule has 0 aliphatic carbocycles. The van der Waals surface area contributed by atoms with Gasteiger partial charge in [-0.3, -0.25) is 4.48 Å². The zero-order valence-electron chi connectivity index (χ0n) is 10.1. The SMILES string of the molecule is C=C[N+](C)(C)CC=CCc1ccccc1.[Cl-]. The summed E-state index contributed by atoms with van der Waals surface area (Å²) in [5, 5.41) is 0. The molecule has 0 aliphatic heterocycles. The highest BCUT2D eigenvalue weighted by Gasteiger charge is 2.05. The molecule has 0 unspecified atom stereocenters. The predicted molar refractivity (Wildman–Crippen MR) is 66.5 cm³/mol. The third-order valence-corrected chi connectivity index (χ3v) is 2.43. The van der Waals surface area contributed by atoms with Gasteiger partial charge in [-0.25, -0.2) is 0 Å². The topological polar surface area (TPSA) is 0 Å². The predicted octanol–water partition coefficient (Wildman–Crippen LogP) is 0.00920. The molecule has 1 rings (SSSR count). The van der Waals surface area contributed by atoms with Crippen molar-refractivity contribution in [2.75, 3.05) is 20.6 Å². The van der Waals surface area contributed by atoms with E-state index in [9.17, 15) is 0 Å². The van der Waals surface area contributed by atoms with Gasteiger partial charge in [0.2, 0.25) is 0 Å². The summed E-state index contributed by atoms with van der Waals surface area (Å²) in [6.07, 6.45) is 7.40. The normalized spacial score (nSPS) is 11.1. The molecule has 0 amide bonds. The summed E-state index contributed by atoms with van der Waals surface area (Å²) in [6, 6.07) is 10.5. The van der Waals surface area contributed by atoms with Gasteiger partial charge in [0.15, 0.2) is 0 Å². The maximum absolute atomic E-state index is 3.81.